The average molecular weight is 400 g/mol. The SMILES string of the molecule is CCCS(=O)(=O)c1ccccc1SC(C)C(=O)NC1(CC(=O)O)CCC1. The van der Waals surface area contributed by atoms with Gasteiger partial charge in [-0.3, -0.25) is 9.59 Å². The Morgan fingerprint density at radius 3 is 2.50 bits per heavy atom. The maximum atomic E-state index is 12.5. The fraction of sp³-hybridized carbons (Fsp3) is 0.556. The minimum atomic E-state index is -3.39. The van der Waals surface area contributed by atoms with Crippen LogP contribution in [-0.2, 0) is 19.4 Å². The molecule has 1 fully saturated rings. The molecule has 2 N–H and O–H groups in total. The highest BCUT2D eigenvalue weighted by atomic mass is 32.2. The van der Waals surface area contributed by atoms with Crippen LogP contribution < -0.4 is 5.32 Å². The predicted octanol–water partition coefficient (Wildman–Crippen LogP) is 2.86. The molecule has 1 aliphatic rings. The summed E-state index contributed by atoms with van der Waals surface area (Å²) in [6.07, 6.45) is 2.65. The van der Waals surface area contributed by atoms with Gasteiger partial charge < -0.3 is 10.4 Å². The third-order valence-corrected chi connectivity index (χ3v) is 7.80. The highest BCUT2D eigenvalue weighted by Gasteiger charge is 2.41. The Kier molecular flexibility index (Phi) is 6.74. The molecule has 144 valence electrons. The molecule has 8 heteroatoms. The summed E-state index contributed by atoms with van der Waals surface area (Å²) in [4.78, 5) is 24.4. The Hall–Kier alpha value is -1.54. The fourth-order valence-corrected chi connectivity index (χ4v) is 5.86. The molecule has 26 heavy (non-hydrogen) atoms. The lowest BCUT2D eigenvalue weighted by Crippen LogP contribution is -2.56. The molecule has 0 bridgehead atoms. The summed E-state index contributed by atoms with van der Waals surface area (Å²) in [5.74, 6) is -1.13. The Morgan fingerprint density at radius 1 is 1.31 bits per heavy atom. The average Bonchev–Trinajstić information content (AvgIpc) is 2.52. The summed E-state index contributed by atoms with van der Waals surface area (Å²) in [7, 11) is -3.39. The molecular formula is C18H25NO5S2. The number of sulfone groups is 1. The molecular weight excluding hydrogens is 374 g/mol. The van der Waals surface area contributed by atoms with Crippen molar-refractivity contribution >= 4 is 33.5 Å². The third-order valence-electron chi connectivity index (χ3n) is 4.52. The third kappa shape index (κ3) is 5.01. The van der Waals surface area contributed by atoms with Gasteiger partial charge in [-0.1, -0.05) is 19.1 Å². The van der Waals surface area contributed by atoms with Gasteiger partial charge in [-0.15, -0.1) is 11.8 Å². The van der Waals surface area contributed by atoms with Crippen LogP contribution in [0, 0.1) is 0 Å². The van der Waals surface area contributed by atoms with Gasteiger partial charge in [0, 0.05) is 4.90 Å². The second-order valence-electron chi connectivity index (χ2n) is 6.72. The Labute approximate surface area is 158 Å². The quantitative estimate of drug-likeness (QED) is 0.619. The van der Waals surface area contributed by atoms with Crippen LogP contribution in [0.3, 0.4) is 0 Å². The molecule has 1 aromatic carbocycles. The molecule has 1 unspecified atom stereocenters. The number of nitrogens with one attached hydrogen (secondary N) is 1. The zero-order chi connectivity index (χ0) is 19.4. The summed E-state index contributed by atoms with van der Waals surface area (Å²) in [6, 6.07) is 6.69. The van der Waals surface area contributed by atoms with Gasteiger partial charge in [-0.2, -0.15) is 0 Å². The lowest BCUT2D eigenvalue weighted by molar-refractivity contribution is -0.140. The molecule has 0 aliphatic heterocycles. The predicted molar refractivity (Wildman–Crippen MR) is 101 cm³/mol. The van der Waals surface area contributed by atoms with E-state index in [2.05, 4.69) is 5.32 Å². The number of thioether (sulfide) groups is 1. The van der Waals surface area contributed by atoms with E-state index in [-0.39, 0.29) is 23.0 Å². The summed E-state index contributed by atoms with van der Waals surface area (Å²) < 4.78 is 24.9. The van der Waals surface area contributed by atoms with Crippen molar-refractivity contribution in [2.75, 3.05) is 5.75 Å². The van der Waals surface area contributed by atoms with E-state index in [0.29, 0.717) is 24.2 Å². The van der Waals surface area contributed by atoms with Crippen molar-refractivity contribution in [1.82, 2.24) is 5.32 Å². The van der Waals surface area contributed by atoms with Crippen LogP contribution in [0.2, 0.25) is 0 Å². The first-order valence-corrected chi connectivity index (χ1v) is 11.2. The van der Waals surface area contributed by atoms with Crippen LogP contribution in [0.4, 0.5) is 0 Å². The summed E-state index contributed by atoms with van der Waals surface area (Å²) >= 11 is 1.19. The topological polar surface area (TPSA) is 101 Å². The zero-order valence-electron chi connectivity index (χ0n) is 15.0. The molecule has 2 rings (SSSR count). The van der Waals surface area contributed by atoms with Gasteiger partial charge in [-0.25, -0.2) is 8.42 Å². The van der Waals surface area contributed by atoms with Gasteiger partial charge >= 0.3 is 5.97 Å². The molecule has 0 aromatic heterocycles. The summed E-state index contributed by atoms with van der Waals surface area (Å²) in [5, 5.41) is 11.4. The number of carboxylic acids is 1. The van der Waals surface area contributed by atoms with Crippen LogP contribution in [0.1, 0.15) is 46.0 Å². The van der Waals surface area contributed by atoms with E-state index in [4.69, 9.17) is 5.11 Å². The number of carbonyl (C=O) groups is 2. The van der Waals surface area contributed by atoms with Crippen LogP contribution in [-0.4, -0.2) is 41.9 Å². The summed E-state index contributed by atoms with van der Waals surface area (Å²) in [5.41, 5.74) is -0.661. The maximum Gasteiger partial charge on any atom is 0.305 e. The van der Waals surface area contributed by atoms with Crippen molar-refractivity contribution in [3.63, 3.8) is 0 Å². The molecule has 0 saturated heterocycles. The Balaban J connectivity index is 2.11. The number of benzene rings is 1. The van der Waals surface area contributed by atoms with Crippen LogP contribution in [0.25, 0.3) is 0 Å². The smallest absolute Gasteiger partial charge is 0.305 e. The van der Waals surface area contributed by atoms with Crippen LogP contribution in [0.5, 0.6) is 0 Å². The van der Waals surface area contributed by atoms with Gasteiger partial charge in [0.05, 0.1) is 27.9 Å². The molecule has 1 aromatic rings. The highest BCUT2D eigenvalue weighted by molar-refractivity contribution is 8.01. The second-order valence-corrected chi connectivity index (χ2v) is 10.2. The van der Waals surface area contributed by atoms with Crippen molar-refractivity contribution in [2.45, 2.75) is 66.5 Å². The van der Waals surface area contributed by atoms with Crippen molar-refractivity contribution < 1.29 is 23.1 Å². The molecule has 1 atom stereocenters. The van der Waals surface area contributed by atoms with Crippen molar-refractivity contribution in [1.29, 1.82) is 0 Å². The number of carbonyl (C=O) groups excluding carboxylic acids is 1. The van der Waals surface area contributed by atoms with E-state index in [1.165, 1.54) is 11.8 Å². The first kappa shape index (κ1) is 20.8. The maximum absolute atomic E-state index is 12.5. The molecule has 0 radical (unpaired) electrons. The fourth-order valence-electron chi connectivity index (χ4n) is 3.03. The van der Waals surface area contributed by atoms with E-state index in [1.54, 1.807) is 31.2 Å². The molecule has 1 amide bonds. The van der Waals surface area contributed by atoms with Crippen LogP contribution in [0.15, 0.2) is 34.1 Å². The molecule has 0 spiro atoms. The largest absolute Gasteiger partial charge is 0.481 e. The van der Waals surface area contributed by atoms with E-state index >= 15 is 0 Å². The minimum Gasteiger partial charge on any atom is -0.481 e. The first-order chi connectivity index (χ1) is 12.2. The van der Waals surface area contributed by atoms with Crippen molar-refractivity contribution in [3.8, 4) is 0 Å². The van der Waals surface area contributed by atoms with E-state index in [0.717, 1.165) is 6.42 Å². The van der Waals surface area contributed by atoms with Crippen LogP contribution >= 0.6 is 11.8 Å². The standard InChI is InChI=1S/C18H25NO5S2/c1-3-11-26(23,24)15-8-5-4-7-14(15)25-13(2)17(22)19-18(9-6-10-18)12-16(20)21/h4-5,7-8,13H,3,6,9-12H2,1-2H3,(H,19,22)(H,20,21). The van der Waals surface area contributed by atoms with Gasteiger partial charge in [0.1, 0.15) is 0 Å². The van der Waals surface area contributed by atoms with Crippen molar-refractivity contribution in [3.05, 3.63) is 24.3 Å². The number of hydrogen-bond donors (Lipinski definition) is 2. The number of amides is 1. The minimum absolute atomic E-state index is 0.0624. The van der Waals surface area contributed by atoms with Gasteiger partial charge in [0.25, 0.3) is 0 Å². The normalized spacial score (nSPS) is 17.2. The van der Waals surface area contributed by atoms with E-state index in [1.807, 2.05) is 6.92 Å². The van der Waals surface area contributed by atoms with Gasteiger partial charge in [0.15, 0.2) is 9.84 Å². The monoisotopic (exact) mass is 399 g/mol. The van der Waals surface area contributed by atoms with E-state index < -0.39 is 26.6 Å². The molecule has 1 saturated carbocycles. The molecule has 1 aliphatic carbocycles. The number of carboxylic acid groups (broad SMARTS) is 1. The lowest BCUT2D eigenvalue weighted by Gasteiger charge is -2.42. The van der Waals surface area contributed by atoms with Gasteiger partial charge in [-0.05, 0) is 44.7 Å². The highest BCUT2D eigenvalue weighted by Crippen LogP contribution is 2.36. The lowest BCUT2D eigenvalue weighted by atomic mass is 9.74. The Bertz CT molecular complexity index is 772. The van der Waals surface area contributed by atoms with E-state index in [9.17, 15) is 18.0 Å². The molecule has 6 nitrogen and oxygen atoms in total. The summed E-state index contributed by atoms with van der Waals surface area (Å²) in [6.45, 7) is 3.51. The van der Waals surface area contributed by atoms with Gasteiger partial charge in [0.2, 0.25) is 5.91 Å². The first-order valence-electron chi connectivity index (χ1n) is 8.71. The second kappa shape index (κ2) is 8.43. The number of rotatable bonds is 9. The number of hydrogen-bond acceptors (Lipinski definition) is 5. The zero-order valence-corrected chi connectivity index (χ0v) is 16.7. The Morgan fingerprint density at radius 2 is 1.96 bits per heavy atom. The van der Waals surface area contributed by atoms with Crippen molar-refractivity contribution in [2.24, 2.45) is 0 Å². The molecule has 0 heterocycles. The number of aliphatic carboxylic acids is 1.